The van der Waals surface area contributed by atoms with Crippen molar-refractivity contribution in [1.82, 2.24) is 14.5 Å². The summed E-state index contributed by atoms with van der Waals surface area (Å²) in [5, 5.41) is 24.9. The number of ketones is 1. The summed E-state index contributed by atoms with van der Waals surface area (Å²) in [6.07, 6.45) is 30.5. The van der Waals surface area contributed by atoms with Crippen LogP contribution in [0.25, 0.3) is 10.4 Å². The van der Waals surface area contributed by atoms with E-state index in [-0.39, 0.29) is 17.8 Å². The van der Waals surface area contributed by atoms with E-state index in [1.165, 1.54) is 19.4 Å². The molecule has 16 heteroatoms. The number of aliphatic hydroxyl groups is 2. The summed E-state index contributed by atoms with van der Waals surface area (Å²) in [7, 11) is -0.657. The zero-order valence-electron chi connectivity index (χ0n) is 32.5. The number of azide groups is 1. The summed E-state index contributed by atoms with van der Waals surface area (Å²) >= 11 is 0. The highest BCUT2D eigenvalue weighted by Gasteiger charge is 2.56. The minimum atomic E-state index is -3.76. The molecule has 1 aliphatic heterocycles. The molecule has 304 valence electrons. The number of aliphatic hydroxyl groups excluding tert-OH is 2. The average Bonchev–Trinajstić information content (AvgIpc) is 3.40. The number of nitrogens with zero attached hydrogens (tertiary/aromatic N) is 6. The molecule has 1 fully saturated rings. The van der Waals surface area contributed by atoms with Crippen molar-refractivity contribution in [2.75, 3.05) is 45.7 Å². The summed E-state index contributed by atoms with van der Waals surface area (Å²) in [5.41, 5.74) is 11.6. The van der Waals surface area contributed by atoms with Crippen molar-refractivity contribution in [1.29, 1.82) is 0 Å². The normalized spacial score (nSPS) is 21.7. The van der Waals surface area contributed by atoms with Gasteiger partial charge < -0.3 is 34.6 Å². The summed E-state index contributed by atoms with van der Waals surface area (Å²) in [4.78, 5) is 33.0. The molecule has 2 heterocycles. The molecule has 0 amide bonds. The fraction of sp³-hybridized carbons (Fsp3) is 0.564. The minimum Gasteiger partial charge on any atom is -0.387 e. The maximum Gasteiger partial charge on any atom is 0.351 e. The van der Waals surface area contributed by atoms with E-state index in [0.29, 0.717) is 45.2 Å². The Bertz CT molecular complexity index is 1640. The lowest BCUT2D eigenvalue weighted by molar-refractivity contribution is -0.121. The standard InChI is InChI=1S/C39H60N7O8P/c1-4-5-6-7-8-9-10-11-12-13-14-15-16-17-18-19-20-21-22-25-33(47)26-23-28-45(2)29-24-31-55(51,52-3)53-32-39(43-44-41)36(49)35(48)37(54-39)46-30-27-34(40)42-38(46)50/h5-6,8-9,11-12,14-15,17-18,20-21,27,30,35-37,48-49H,4,7,10,13,16,19,22-26,28-29,31-32H2,1-3H3,(H2,40,42,50)/b6-5-,9-8-,12-11-,15-14-,18-17-,21-20-/t35-,36+,37-,39-,55?/m1/s1. The minimum absolute atomic E-state index is 0.00546. The van der Waals surface area contributed by atoms with Gasteiger partial charge in [0, 0.05) is 31.1 Å². The lowest BCUT2D eigenvalue weighted by atomic mass is 10.1. The molecular formula is C39H60N7O8P. The van der Waals surface area contributed by atoms with E-state index in [1.54, 1.807) is 0 Å². The number of aromatic nitrogens is 2. The van der Waals surface area contributed by atoms with Crippen molar-refractivity contribution < 1.29 is 33.4 Å². The number of allylic oxidation sites excluding steroid dienone is 12. The number of Topliss-reactive ketones (excluding diaryl/α,β-unsaturated/α-hetero) is 1. The molecule has 0 spiro atoms. The van der Waals surface area contributed by atoms with Crippen LogP contribution in [0.15, 0.2) is 95.1 Å². The molecule has 15 nitrogen and oxygen atoms in total. The van der Waals surface area contributed by atoms with Crippen LogP contribution in [-0.4, -0.2) is 88.4 Å². The van der Waals surface area contributed by atoms with Crippen molar-refractivity contribution >= 4 is 19.2 Å². The smallest absolute Gasteiger partial charge is 0.351 e. The van der Waals surface area contributed by atoms with Gasteiger partial charge in [-0.1, -0.05) is 85.0 Å². The molecule has 2 rings (SSSR count). The first-order valence-corrected chi connectivity index (χ1v) is 20.6. The fourth-order valence-corrected chi connectivity index (χ4v) is 6.85. The molecule has 0 aromatic carbocycles. The van der Waals surface area contributed by atoms with Crippen molar-refractivity contribution in [3.8, 4) is 0 Å². The Kier molecular flexibility index (Phi) is 23.0. The summed E-state index contributed by atoms with van der Waals surface area (Å²) < 4.78 is 30.6. The maximum atomic E-state index is 13.4. The third kappa shape index (κ3) is 18.1. The van der Waals surface area contributed by atoms with Crippen molar-refractivity contribution in [3.63, 3.8) is 0 Å². The number of hydrogen-bond donors (Lipinski definition) is 3. The van der Waals surface area contributed by atoms with E-state index >= 15 is 0 Å². The fourth-order valence-electron chi connectivity index (χ4n) is 5.52. The van der Waals surface area contributed by atoms with Crippen LogP contribution in [0.5, 0.6) is 0 Å². The van der Waals surface area contributed by atoms with E-state index in [1.807, 2.05) is 18.0 Å². The lowest BCUT2D eigenvalue weighted by Crippen LogP contribution is -2.45. The Morgan fingerprint density at radius 3 is 2.13 bits per heavy atom. The van der Waals surface area contributed by atoms with Gasteiger partial charge in [-0.05, 0) is 89.5 Å². The van der Waals surface area contributed by atoms with E-state index in [2.05, 4.69) is 88.8 Å². The third-order valence-electron chi connectivity index (χ3n) is 8.64. The van der Waals surface area contributed by atoms with Crippen LogP contribution >= 0.6 is 7.60 Å². The molecule has 4 N–H and O–H groups in total. The monoisotopic (exact) mass is 785 g/mol. The molecule has 0 bridgehead atoms. The first kappa shape index (κ1) is 47.2. The van der Waals surface area contributed by atoms with Crippen molar-refractivity contribution in [3.05, 3.63) is 106 Å². The first-order chi connectivity index (χ1) is 26.5. The highest BCUT2D eigenvalue weighted by molar-refractivity contribution is 7.53. The average molecular weight is 786 g/mol. The van der Waals surface area contributed by atoms with E-state index in [4.69, 9.17) is 19.5 Å². The predicted octanol–water partition coefficient (Wildman–Crippen LogP) is 7.09. The van der Waals surface area contributed by atoms with Crippen LogP contribution in [0.3, 0.4) is 0 Å². The summed E-state index contributed by atoms with van der Waals surface area (Å²) in [6, 6.07) is 1.29. The van der Waals surface area contributed by atoms with Crippen molar-refractivity contribution in [2.45, 2.75) is 102 Å². The van der Waals surface area contributed by atoms with Gasteiger partial charge in [0.1, 0.15) is 23.8 Å². The van der Waals surface area contributed by atoms with Crippen LogP contribution in [0, 0.1) is 0 Å². The van der Waals surface area contributed by atoms with Crippen LogP contribution < -0.4 is 11.4 Å². The number of anilines is 1. The second-order valence-electron chi connectivity index (χ2n) is 13.1. The number of hydrogen-bond acceptors (Lipinski definition) is 12. The summed E-state index contributed by atoms with van der Waals surface area (Å²) in [6.45, 7) is 2.61. The number of ether oxygens (including phenoxy) is 1. The second kappa shape index (κ2) is 26.8. The number of rotatable bonds is 28. The van der Waals surface area contributed by atoms with Crippen LogP contribution in [0.4, 0.5) is 5.82 Å². The predicted molar refractivity (Wildman–Crippen MR) is 216 cm³/mol. The highest BCUT2D eigenvalue weighted by Crippen LogP contribution is 2.50. The molecule has 1 aromatic heterocycles. The van der Waals surface area contributed by atoms with Gasteiger partial charge in [0.05, 0.1) is 12.8 Å². The molecule has 55 heavy (non-hydrogen) atoms. The van der Waals surface area contributed by atoms with E-state index in [0.717, 1.165) is 43.1 Å². The van der Waals surface area contributed by atoms with Gasteiger partial charge in [0.15, 0.2) is 6.23 Å². The van der Waals surface area contributed by atoms with Gasteiger partial charge in [0.2, 0.25) is 5.72 Å². The summed E-state index contributed by atoms with van der Waals surface area (Å²) in [5.74, 6) is 0.146. The third-order valence-corrected chi connectivity index (χ3v) is 10.6. The van der Waals surface area contributed by atoms with Gasteiger partial charge in [0.25, 0.3) is 0 Å². The van der Waals surface area contributed by atoms with E-state index < -0.39 is 44.1 Å². The molecule has 1 aromatic rings. The quantitative estimate of drug-likeness (QED) is 0.0256. The molecule has 1 aliphatic rings. The largest absolute Gasteiger partial charge is 0.387 e. The van der Waals surface area contributed by atoms with Crippen LogP contribution in [0.2, 0.25) is 0 Å². The molecule has 0 radical (unpaired) electrons. The van der Waals surface area contributed by atoms with Crippen LogP contribution in [-0.2, 0) is 23.1 Å². The lowest BCUT2D eigenvalue weighted by Gasteiger charge is -2.28. The van der Waals surface area contributed by atoms with Gasteiger partial charge in [-0.15, -0.1) is 0 Å². The molecule has 1 unspecified atom stereocenters. The molecule has 0 saturated carbocycles. The Morgan fingerprint density at radius 1 is 1.02 bits per heavy atom. The van der Waals surface area contributed by atoms with Gasteiger partial charge >= 0.3 is 13.3 Å². The van der Waals surface area contributed by atoms with E-state index in [9.17, 15) is 29.9 Å². The van der Waals surface area contributed by atoms with Gasteiger partial charge in [-0.25, -0.2) is 4.79 Å². The van der Waals surface area contributed by atoms with Gasteiger partial charge in [-0.2, -0.15) is 4.98 Å². The van der Waals surface area contributed by atoms with Gasteiger partial charge in [-0.3, -0.25) is 13.9 Å². The second-order valence-corrected chi connectivity index (χ2v) is 15.4. The topological polar surface area (TPSA) is 215 Å². The number of nitrogen functional groups attached to an aromatic ring is 1. The SMILES string of the molecule is CC/C=C\C/C=C\C/C=C\C/C=C\C/C=C\C/C=C\CCC(=O)CCCN(C)CCCP(=O)(OC)OC[C@@]1(N=[N+]=[N-])O[C@@H](n2ccc(N)nc2=O)[C@H](O)[C@@H]1O. The number of nitrogens with two attached hydrogens (primary N) is 1. The molecule has 0 aliphatic carbocycles. The highest BCUT2D eigenvalue weighted by atomic mass is 31.2. The molecule has 1 saturated heterocycles. The Balaban J connectivity index is 1.62. The first-order valence-electron chi connectivity index (χ1n) is 18.8. The van der Waals surface area contributed by atoms with Crippen molar-refractivity contribution in [2.24, 2.45) is 5.11 Å². The molecule has 5 atom stereocenters. The maximum absolute atomic E-state index is 13.4. The zero-order chi connectivity index (χ0) is 40.4. The Hall–Kier alpha value is -3.91. The Morgan fingerprint density at radius 2 is 1.58 bits per heavy atom. The Labute approximate surface area is 325 Å². The molecular weight excluding hydrogens is 725 g/mol. The number of carbonyl (C=O) groups is 1. The number of carbonyl (C=O) groups excluding carboxylic acids is 1. The van der Waals surface area contributed by atoms with Crippen LogP contribution in [0.1, 0.15) is 83.8 Å². The zero-order valence-corrected chi connectivity index (χ0v) is 33.4.